The van der Waals surface area contributed by atoms with E-state index in [9.17, 15) is 9.90 Å². The molecule has 0 aliphatic carbocycles. The van der Waals surface area contributed by atoms with Gasteiger partial charge in [-0.2, -0.15) is 0 Å². The van der Waals surface area contributed by atoms with Crippen LogP contribution in [0.3, 0.4) is 0 Å². The fraction of sp³-hybridized carbons (Fsp3) is 0.333. The molecule has 3 rings (SSSR count). The van der Waals surface area contributed by atoms with Crippen LogP contribution in [0.5, 0.6) is 5.75 Å². The van der Waals surface area contributed by atoms with Gasteiger partial charge in [-0.15, -0.1) is 0 Å². The SMILES string of the molecule is CCC(Oc1cccc(CNCCC(O)c2nc3ccccc3o2)c1)C(=O)O. The second-order valence-electron chi connectivity index (χ2n) is 6.50. The van der Waals surface area contributed by atoms with Gasteiger partial charge in [0.2, 0.25) is 5.89 Å². The molecule has 3 aromatic rings. The van der Waals surface area contributed by atoms with Crippen molar-refractivity contribution in [3.63, 3.8) is 0 Å². The normalized spacial score (nSPS) is 13.4. The van der Waals surface area contributed by atoms with E-state index in [1.165, 1.54) is 0 Å². The molecule has 2 aromatic carbocycles. The molecule has 0 aliphatic heterocycles. The Morgan fingerprint density at radius 1 is 1.25 bits per heavy atom. The minimum absolute atomic E-state index is 0.317. The number of carboxylic acid groups (broad SMARTS) is 1. The zero-order valence-corrected chi connectivity index (χ0v) is 15.7. The molecule has 1 aromatic heterocycles. The number of benzene rings is 2. The summed E-state index contributed by atoms with van der Waals surface area (Å²) in [4.78, 5) is 15.4. The molecule has 0 saturated carbocycles. The number of aliphatic hydroxyl groups excluding tert-OH is 1. The van der Waals surface area contributed by atoms with Crippen molar-refractivity contribution in [1.82, 2.24) is 10.3 Å². The summed E-state index contributed by atoms with van der Waals surface area (Å²) in [6, 6.07) is 14.7. The van der Waals surface area contributed by atoms with E-state index in [1.807, 2.05) is 42.5 Å². The van der Waals surface area contributed by atoms with Gasteiger partial charge in [-0.1, -0.05) is 31.2 Å². The van der Waals surface area contributed by atoms with E-state index in [1.54, 1.807) is 13.0 Å². The van der Waals surface area contributed by atoms with Crippen molar-refractivity contribution in [3.05, 3.63) is 60.0 Å². The Kier molecular flexibility index (Phi) is 6.62. The Morgan fingerprint density at radius 3 is 2.82 bits per heavy atom. The molecule has 2 atom stereocenters. The number of nitrogens with zero attached hydrogens (tertiary/aromatic N) is 1. The fourth-order valence-corrected chi connectivity index (χ4v) is 2.83. The Hall–Kier alpha value is -2.90. The molecule has 0 aliphatic rings. The van der Waals surface area contributed by atoms with Crippen LogP contribution in [0.15, 0.2) is 52.9 Å². The Bertz CT molecular complexity index is 891. The van der Waals surface area contributed by atoms with Crippen molar-refractivity contribution in [2.75, 3.05) is 6.54 Å². The fourth-order valence-electron chi connectivity index (χ4n) is 2.83. The minimum atomic E-state index is -0.973. The third kappa shape index (κ3) is 5.09. The summed E-state index contributed by atoms with van der Waals surface area (Å²) in [5.41, 5.74) is 2.36. The van der Waals surface area contributed by atoms with E-state index < -0.39 is 18.2 Å². The van der Waals surface area contributed by atoms with E-state index in [2.05, 4.69) is 10.3 Å². The van der Waals surface area contributed by atoms with Gasteiger partial charge in [0.1, 0.15) is 17.4 Å². The predicted octanol–water partition coefficient (Wildman–Crippen LogP) is 3.28. The average molecular weight is 384 g/mol. The molecule has 0 fully saturated rings. The number of aromatic nitrogens is 1. The van der Waals surface area contributed by atoms with Crippen molar-refractivity contribution >= 4 is 17.1 Å². The highest BCUT2D eigenvalue weighted by Crippen LogP contribution is 2.21. The predicted molar refractivity (Wildman–Crippen MR) is 104 cm³/mol. The molecule has 28 heavy (non-hydrogen) atoms. The van der Waals surface area contributed by atoms with Crippen LogP contribution in [0.2, 0.25) is 0 Å². The number of oxazole rings is 1. The quantitative estimate of drug-likeness (QED) is 0.461. The van der Waals surface area contributed by atoms with E-state index in [-0.39, 0.29) is 0 Å². The monoisotopic (exact) mass is 384 g/mol. The van der Waals surface area contributed by atoms with Crippen LogP contribution in [0, 0.1) is 0 Å². The third-order valence-corrected chi connectivity index (χ3v) is 4.34. The number of para-hydroxylation sites is 2. The van der Waals surface area contributed by atoms with Crippen LogP contribution in [-0.4, -0.2) is 33.8 Å². The molecule has 1 heterocycles. The van der Waals surface area contributed by atoms with Crippen LogP contribution in [0.4, 0.5) is 0 Å². The minimum Gasteiger partial charge on any atom is -0.479 e. The van der Waals surface area contributed by atoms with Crippen molar-refractivity contribution in [2.45, 2.75) is 38.5 Å². The van der Waals surface area contributed by atoms with Gasteiger partial charge in [-0.3, -0.25) is 0 Å². The molecule has 148 valence electrons. The third-order valence-electron chi connectivity index (χ3n) is 4.34. The van der Waals surface area contributed by atoms with Gasteiger partial charge in [0.25, 0.3) is 0 Å². The lowest BCUT2D eigenvalue weighted by Crippen LogP contribution is -2.26. The smallest absolute Gasteiger partial charge is 0.344 e. The van der Waals surface area contributed by atoms with E-state index in [4.69, 9.17) is 14.3 Å². The first-order chi connectivity index (χ1) is 13.6. The van der Waals surface area contributed by atoms with E-state index >= 15 is 0 Å². The molecular formula is C21H24N2O5. The number of ether oxygens (including phenoxy) is 1. The average Bonchev–Trinajstić information content (AvgIpc) is 3.14. The van der Waals surface area contributed by atoms with Crippen LogP contribution >= 0.6 is 0 Å². The van der Waals surface area contributed by atoms with Crippen LogP contribution in [0.1, 0.15) is 37.3 Å². The standard InChI is InChI=1S/C21H24N2O5/c1-2-18(21(25)26)27-15-7-5-6-14(12-15)13-22-11-10-17(24)20-23-16-8-3-4-9-19(16)28-20/h3-9,12,17-18,22,24H,2,10-11,13H2,1H3,(H,25,26). The van der Waals surface area contributed by atoms with Crippen molar-refractivity contribution < 1.29 is 24.2 Å². The number of aliphatic carboxylic acids is 1. The number of aliphatic hydroxyl groups is 1. The Balaban J connectivity index is 1.48. The summed E-state index contributed by atoms with van der Waals surface area (Å²) in [5.74, 6) is -0.128. The number of hydrogen-bond acceptors (Lipinski definition) is 6. The van der Waals surface area contributed by atoms with Crippen LogP contribution in [0.25, 0.3) is 11.1 Å². The maximum Gasteiger partial charge on any atom is 0.344 e. The molecule has 7 nitrogen and oxygen atoms in total. The molecule has 0 bridgehead atoms. The Labute approximate surface area is 163 Å². The van der Waals surface area contributed by atoms with Crippen LogP contribution < -0.4 is 10.1 Å². The zero-order valence-electron chi connectivity index (χ0n) is 15.7. The second kappa shape index (κ2) is 9.34. The number of fused-ring (bicyclic) bond motifs is 1. The largest absolute Gasteiger partial charge is 0.479 e. The molecule has 3 N–H and O–H groups in total. The first kappa shape index (κ1) is 19.9. The highest BCUT2D eigenvalue weighted by atomic mass is 16.5. The lowest BCUT2D eigenvalue weighted by atomic mass is 10.2. The van der Waals surface area contributed by atoms with Crippen molar-refractivity contribution in [3.8, 4) is 5.75 Å². The molecule has 2 unspecified atom stereocenters. The first-order valence-electron chi connectivity index (χ1n) is 9.29. The summed E-state index contributed by atoms with van der Waals surface area (Å²) in [6.07, 6.45) is -0.782. The lowest BCUT2D eigenvalue weighted by Gasteiger charge is -2.14. The topological polar surface area (TPSA) is 105 Å². The van der Waals surface area contributed by atoms with Gasteiger partial charge >= 0.3 is 5.97 Å². The summed E-state index contributed by atoms with van der Waals surface area (Å²) in [5, 5.41) is 22.6. The zero-order chi connectivity index (χ0) is 19.9. The number of carbonyl (C=O) groups is 1. The van der Waals surface area contributed by atoms with Gasteiger partial charge in [0.15, 0.2) is 11.7 Å². The van der Waals surface area contributed by atoms with E-state index in [0.717, 1.165) is 11.1 Å². The van der Waals surface area contributed by atoms with Crippen molar-refractivity contribution in [1.29, 1.82) is 0 Å². The highest BCUT2D eigenvalue weighted by Gasteiger charge is 2.17. The van der Waals surface area contributed by atoms with Gasteiger partial charge in [-0.05, 0) is 49.2 Å². The number of nitrogens with one attached hydrogen (secondary N) is 1. The number of hydrogen-bond donors (Lipinski definition) is 3. The summed E-state index contributed by atoms with van der Waals surface area (Å²) in [6.45, 7) is 2.91. The van der Waals surface area contributed by atoms with Gasteiger partial charge in [0.05, 0.1) is 0 Å². The van der Waals surface area contributed by atoms with Crippen LogP contribution in [-0.2, 0) is 11.3 Å². The molecule has 0 spiro atoms. The number of rotatable bonds is 10. The lowest BCUT2D eigenvalue weighted by molar-refractivity contribution is -0.145. The molecule has 7 heteroatoms. The van der Waals surface area contributed by atoms with Gasteiger partial charge in [0, 0.05) is 6.54 Å². The summed E-state index contributed by atoms with van der Waals surface area (Å²) >= 11 is 0. The molecular weight excluding hydrogens is 360 g/mol. The second-order valence-corrected chi connectivity index (χ2v) is 6.50. The number of carboxylic acids is 1. The molecule has 0 saturated heterocycles. The summed E-state index contributed by atoms with van der Waals surface area (Å²) in [7, 11) is 0. The first-order valence-corrected chi connectivity index (χ1v) is 9.29. The van der Waals surface area contributed by atoms with Crippen molar-refractivity contribution in [2.24, 2.45) is 0 Å². The highest BCUT2D eigenvalue weighted by molar-refractivity contribution is 5.73. The maximum absolute atomic E-state index is 11.1. The Morgan fingerprint density at radius 2 is 2.07 bits per heavy atom. The van der Waals surface area contributed by atoms with Gasteiger partial charge in [-0.25, -0.2) is 9.78 Å². The van der Waals surface area contributed by atoms with Gasteiger partial charge < -0.3 is 24.7 Å². The maximum atomic E-state index is 11.1. The summed E-state index contributed by atoms with van der Waals surface area (Å²) < 4.78 is 11.1. The van der Waals surface area contributed by atoms with E-state index in [0.29, 0.717) is 43.2 Å². The molecule has 0 amide bonds. The molecule has 0 radical (unpaired) electrons.